The normalized spacial score (nSPS) is 10.7. The summed E-state index contributed by atoms with van der Waals surface area (Å²) in [6.07, 6.45) is 1.40. The zero-order valence-electron chi connectivity index (χ0n) is 19.2. The van der Waals surface area contributed by atoms with Crippen LogP contribution >= 0.6 is 0 Å². The minimum atomic E-state index is -0.886. The highest BCUT2D eigenvalue weighted by Gasteiger charge is 2.15. The molecule has 0 aliphatic carbocycles. The summed E-state index contributed by atoms with van der Waals surface area (Å²) in [6, 6.07) is 16.8. The number of rotatable bonds is 8. The van der Waals surface area contributed by atoms with Crippen LogP contribution < -0.4 is 20.2 Å². The van der Waals surface area contributed by atoms with E-state index in [1.165, 1.54) is 18.3 Å². The van der Waals surface area contributed by atoms with Crippen LogP contribution in [0.25, 0.3) is 0 Å². The maximum Gasteiger partial charge on any atom is 0.329 e. The Bertz CT molecular complexity index is 1170. The van der Waals surface area contributed by atoms with E-state index in [2.05, 4.69) is 15.8 Å². The van der Waals surface area contributed by atoms with E-state index in [1.54, 1.807) is 30.3 Å². The third-order valence-electron chi connectivity index (χ3n) is 4.88. The van der Waals surface area contributed by atoms with Gasteiger partial charge in [0.2, 0.25) is 0 Å². The molecular formula is C26H26FN3O4. The molecule has 0 bridgehead atoms. The van der Waals surface area contributed by atoms with E-state index >= 15 is 0 Å². The van der Waals surface area contributed by atoms with Crippen LogP contribution in [-0.2, 0) is 16.2 Å². The number of benzene rings is 3. The number of carbonyl (C=O) groups is 2. The number of nitrogens with one attached hydrogen (secondary N) is 2. The van der Waals surface area contributed by atoms with Gasteiger partial charge in [-0.25, -0.2) is 9.82 Å². The highest BCUT2D eigenvalue weighted by atomic mass is 19.1. The molecule has 7 nitrogen and oxygen atoms in total. The van der Waals surface area contributed by atoms with Crippen molar-refractivity contribution in [2.75, 3.05) is 11.9 Å². The van der Waals surface area contributed by atoms with Crippen molar-refractivity contribution in [3.05, 3.63) is 88.7 Å². The fourth-order valence-corrected chi connectivity index (χ4v) is 3.13. The monoisotopic (exact) mass is 463 g/mol. The molecule has 0 spiro atoms. The van der Waals surface area contributed by atoms with Crippen molar-refractivity contribution in [1.29, 1.82) is 0 Å². The second-order valence-electron chi connectivity index (χ2n) is 7.47. The lowest BCUT2D eigenvalue weighted by atomic mass is 10.1. The number of amides is 2. The van der Waals surface area contributed by atoms with Gasteiger partial charge in [0.05, 0.1) is 12.8 Å². The van der Waals surface area contributed by atoms with Crippen molar-refractivity contribution in [1.82, 2.24) is 5.43 Å². The van der Waals surface area contributed by atoms with E-state index in [0.717, 1.165) is 16.7 Å². The average molecular weight is 464 g/mol. The van der Waals surface area contributed by atoms with Crippen molar-refractivity contribution in [2.24, 2.45) is 5.10 Å². The second kappa shape index (κ2) is 11.6. The molecule has 0 saturated carbocycles. The van der Waals surface area contributed by atoms with Crippen LogP contribution in [0.4, 0.5) is 10.1 Å². The third kappa shape index (κ3) is 6.65. The molecule has 0 aromatic heterocycles. The Kier molecular flexibility index (Phi) is 8.34. The summed E-state index contributed by atoms with van der Waals surface area (Å²) in [5.74, 6) is -0.998. The number of hydrazone groups is 1. The number of hydrogen-bond donors (Lipinski definition) is 2. The zero-order valence-corrected chi connectivity index (χ0v) is 19.2. The molecule has 34 heavy (non-hydrogen) atoms. The van der Waals surface area contributed by atoms with Crippen LogP contribution in [0.3, 0.4) is 0 Å². The molecule has 0 atom stereocenters. The van der Waals surface area contributed by atoms with Crippen LogP contribution in [0.1, 0.15) is 29.2 Å². The number of nitrogens with zero attached hydrogens (tertiary/aromatic N) is 1. The van der Waals surface area contributed by atoms with Crippen LogP contribution in [0, 0.1) is 19.7 Å². The molecule has 3 aromatic rings. The van der Waals surface area contributed by atoms with Crippen molar-refractivity contribution < 1.29 is 23.5 Å². The summed E-state index contributed by atoms with van der Waals surface area (Å²) in [5.41, 5.74) is 5.99. The molecular weight excluding hydrogens is 437 g/mol. The number of hydrogen-bond acceptors (Lipinski definition) is 5. The van der Waals surface area contributed by atoms with Crippen LogP contribution in [0.2, 0.25) is 0 Å². The Labute approximate surface area is 197 Å². The highest BCUT2D eigenvalue weighted by Crippen LogP contribution is 2.29. The van der Waals surface area contributed by atoms with Crippen molar-refractivity contribution in [2.45, 2.75) is 27.4 Å². The Morgan fingerprint density at radius 2 is 1.65 bits per heavy atom. The number of anilines is 1. The largest absolute Gasteiger partial charge is 0.490 e. The van der Waals surface area contributed by atoms with Crippen LogP contribution in [0.15, 0.2) is 65.8 Å². The van der Waals surface area contributed by atoms with E-state index in [1.807, 2.05) is 39.0 Å². The lowest BCUT2D eigenvalue weighted by molar-refractivity contribution is -0.136. The predicted octanol–water partition coefficient (Wildman–Crippen LogP) is 4.51. The Morgan fingerprint density at radius 3 is 2.32 bits per heavy atom. The average Bonchev–Trinajstić information content (AvgIpc) is 2.82. The molecule has 176 valence electrons. The van der Waals surface area contributed by atoms with E-state index in [-0.39, 0.29) is 12.4 Å². The Morgan fingerprint density at radius 1 is 0.941 bits per heavy atom. The van der Waals surface area contributed by atoms with E-state index in [4.69, 9.17) is 9.47 Å². The van der Waals surface area contributed by atoms with Crippen molar-refractivity contribution >= 4 is 23.7 Å². The predicted molar refractivity (Wildman–Crippen MR) is 129 cm³/mol. The van der Waals surface area contributed by atoms with Gasteiger partial charge in [-0.2, -0.15) is 5.10 Å². The van der Waals surface area contributed by atoms with Gasteiger partial charge in [-0.3, -0.25) is 9.59 Å². The molecule has 2 amide bonds. The number of halogens is 1. The molecule has 0 heterocycles. The molecule has 0 radical (unpaired) electrons. The third-order valence-corrected chi connectivity index (χ3v) is 4.88. The van der Waals surface area contributed by atoms with Crippen LogP contribution in [-0.4, -0.2) is 24.6 Å². The first-order valence-electron chi connectivity index (χ1n) is 10.7. The maximum absolute atomic E-state index is 13.1. The lowest BCUT2D eigenvalue weighted by Gasteiger charge is -2.12. The number of ether oxygens (including phenoxy) is 2. The Balaban J connectivity index is 1.61. The Hall–Kier alpha value is -4.20. The zero-order chi connectivity index (χ0) is 24.5. The molecule has 0 aliphatic rings. The summed E-state index contributed by atoms with van der Waals surface area (Å²) in [6.45, 7) is 6.21. The van der Waals surface area contributed by atoms with Gasteiger partial charge in [0, 0.05) is 5.69 Å². The fraction of sp³-hybridized carbons (Fsp3) is 0.192. The minimum Gasteiger partial charge on any atom is -0.490 e. The van der Waals surface area contributed by atoms with Gasteiger partial charge in [-0.1, -0.05) is 30.3 Å². The van der Waals surface area contributed by atoms with Crippen LogP contribution in [0.5, 0.6) is 11.5 Å². The fourth-order valence-electron chi connectivity index (χ4n) is 3.13. The first-order chi connectivity index (χ1) is 16.4. The van der Waals surface area contributed by atoms with Crippen molar-refractivity contribution in [3.63, 3.8) is 0 Å². The lowest BCUT2D eigenvalue weighted by Crippen LogP contribution is -2.32. The van der Waals surface area contributed by atoms with E-state index in [9.17, 15) is 14.0 Å². The first-order valence-corrected chi connectivity index (χ1v) is 10.7. The number of para-hydroxylation sites is 1. The first kappa shape index (κ1) is 24.4. The SMILES string of the molecule is CCOc1cc(/C=N\NC(=O)C(=O)Nc2c(C)cccc2C)ccc1OCc1ccc(F)cc1. The van der Waals surface area contributed by atoms with Gasteiger partial charge >= 0.3 is 11.8 Å². The quantitative estimate of drug-likeness (QED) is 0.292. The van der Waals surface area contributed by atoms with Gasteiger partial charge in [0.1, 0.15) is 12.4 Å². The van der Waals surface area contributed by atoms with E-state index in [0.29, 0.717) is 29.4 Å². The van der Waals surface area contributed by atoms with Gasteiger partial charge in [0.25, 0.3) is 0 Å². The summed E-state index contributed by atoms with van der Waals surface area (Å²) >= 11 is 0. The van der Waals surface area contributed by atoms with E-state index < -0.39 is 11.8 Å². The molecule has 0 aliphatic heterocycles. The topological polar surface area (TPSA) is 89.0 Å². The molecule has 0 unspecified atom stereocenters. The minimum absolute atomic E-state index is 0.249. The molecule has 8 heteroatoms. The summed E-state index contributed by atoms with van der Waals surface area (Å²) in [7, 11) is 0. The molecule has 0 saturated heterocycles. The summed E-state index contributed by atoms with van der Waals surface area (Å²) in [5, 5.41) is 6.47. The smallest absolute Gasteiger partial charge is 0.329 e. The summed E-state index contributed by atoms with van der Waals surface area (Å²) in [4.78, 5) is 24.3. The maximum atomic E-state index is 13.1. The molecule has 0 fully saturated rings. The molecule has 2 N–H and O–H groups in total. The molecule has 3 rings (SSSR count). The van der Waals surface area contributed by atoms with Gasteiger partial charge in [-0.05, 0) is 73.4 Å². The van der Waals surface area contributed by atoms with Gasteiger partial charge < -0.3 is 14.8 Å². The standard InChI is InChI=1S/C26H26FN3O4/c1-4-33-23-14-20(10-13-22(23)34-16-19-8-11-21(27)12-9-19)15-28-30-26(32)25(31)29-24-17(2)6-5-7-18(24)3/h5-15H,4,16H2,1-3H3,(H,29,31)(H,30,32)/b28-15-. The highest BCUT2D eigenvalue weighted by molar-refractivity contribution is 6.39. The second-order valence-corrected chi connectivity index (χ2v) is 7.47. The number of carbonyl (C=O) groups excluding carboxylic acids is 2. The van der Waals surface area contributed by atoms with Gasteiger partial charge in [-0.15, -0.1) is 0 Å². The number of aryl methyl sites for hydroxylation is 2. The van der Waals surface area contributed by atoms with Gasteiger partial charge in [0.15, 0.2) is 11.5 Å². The van der Waals surface area contributed by atoms with Crippen molar-refractivity contribution in [3.8, 4) is 11.5 Å². The molecule has 3 aromatic carbocycles. The summed E-state index contributed by atoms with van der Waals surface area (Å²) < 4.78 is 24.5.